The Bertz CT molecular complexity index is 404. The van der Waals surface area contributed by atoms with Crippen LogP contribution in [0.3, 0.4) is 0 Å². The number of halogens is 3. The first-order valence-corrected chi connectivity index (χ1v) is 6.44. The van der Waals surface area contributed by atoms with Gasteiger partial charge in [0.05, 0.1) is 10.0 Å². The minimum absolute atomic E-state index is 0.110. The normalized spacial score (nSPS) is 10.4. The van der Waals surface area contributed by atoms with Gasteiger partial charge in [0.1, 0.15) is 0 Å². The minimum Gasteiger partial charge on any atom is -0.330 e. The Morgan fingerprint density at radius 2 is 1.83 bits per heavy atom. The smallest absolute Gasteiger partial charge is 0.224 e. The van der Waals surface area contributed by atoms with E-state index in [4.69, 9.17) is 28.9 Å². The van der Waals surface area contributed by atoms with Crippen LogP contribution in [0.4, 0.5) is 10.1 Å². The maximum Gasteiger partial charge on any atom is 0.224 e. The van der Waals surface area contributed by atoms with Gasteiger partial charge in [-0.2, -0.15) is 0 Å². The lowest BCUT2D eigenvalue weighted by atomic mass is 10.2. The van der Waals surface area contributed by atoms with Crippen molar-refractivity contribution < 1.29 is 9.18 Å². The topological polar surface area (TPSA) is 55.1 Å². The fourth-order valence-electron chi connectivity index (χ4n) is 1.46. The van der Waals surface area contributed by atoms with Crippen LogP contribution in [0.2, 0.25) is 10.0 Å². The molecule has 0 unspecified atom stereocenters. The third kappa shape index (κ3) is 4.80. The molecule has 0 aliphatic heterocycles. The van der Waals surface area contributed by atoms with Gasteiger partial charge in [-0.3, -0.25) is 4.79 Å². The quantitative estimate of drug-likeness (QED) is 0.622. The second-order valence-electron chi connectivity index (χ2n) is 3.90. The first kappa shape index (κ1) is 15.2. The van der Waals surface area contributed by atoms with E-state index in [1.54, 1.807) is 0 Å². The minimum atomic E-state index is -0.681. The lowest BCUT2D eigenvalue weighted by Crippen LogP contribution is -2.11. The molecule has 1 rings (SSSR count). The number of nitrogens with one attached hydrogen (secondary N) is 1. The number of hydrogen-bond donors (Lipinski definition) is 2. The van der Waals surface area contributed by atoms with Crippen LogP contribution in [-0.4, -0.2) is 12.5 Å². The average Bonchev–Trinajstić information content (AvgIpc) is 2.31. The molecule has 3 nitrogen and oxygen atoms in total. The molecule has 1 aromatic carbocycles. The van der Waals surface area contributed by atoms with Gasteiger partial charge in [0.2, 0.25) is 5.91 Å². The highest BCUT2D eigenvalue weighted by Gasteiger charge is 2.09. The van der Waals surface area contributed by atoms with Gasteiger partial charge in [0, 0.05) is 12.1 Å². The first-order chi connectivity index (χ1) is 8.54. The van der Waals surface area contributed by atoms with Crippen molar-refractivity contribution in [2.24, 2.45) is 5.73 Å². The number of nitrogens with two attached hydrogens (primary N) is 1. The van der Waals surface area contributed by atoms with E-state index in [0.29, 0.717) is 18.7 Å². The highest BCUT2D eigenvalue weighted by Crippen LogP contribution is 2.27. The number of benzene rings is 1. The van der Waals surface area contributed by atoms with Crippen molar-refractivity contribution >= 4 is 34.8 Å². The predicted octanol–water partition coefficient (Wildman–Crippen LogP) is 3.59. The van der Waals surface area contributed by atoms with E-state index in [-0.39, 0.29) is 16.0 Å². The summed E-state index contributed by atoms with van der Waals surface area (Å²) in [7, 11) is 0. The van der Waals surface area contributed by atoms with Crippen LogP contribution < -0.4 is 11.1 Å². The highest BCUT2D eigenvalue weighted by molar-refractivity contribution is 6.35. The van der Waals surface area contributed by atoms with Crippen LogP contribution >= 0.6 is 23.2 Å². The molecule has 100 valence electrons. The molecule has 6 heteroatoms. The molecule has 1 aromatic rings. The summed E-state index contributed by atoms with van der Waals surface area (Å²) >= 11 is 11.2. The maximum atomic E-state index is 13.1. The SMILES string of the molecule is NCCCCCC(=O)Nc1cc(Cl)c(F)c(Cl)c1. The summed E-state index contributed by atoms with van der Waals surface area (Å²) in [5.74, 6) is -0.829. The molecule has 3 N–H and O–H groups in total. The zero-order valence-electron chi connectivity index (χ0n) is 9.81. The second-order valence-corrected chi connectivity index (χ2v) is 4.72. The lowest BCUT2D eigenvalue weighted by Gasteiger charge is -2.07. The summed E-state index contributed by atoms with van der Waals surface area (Å²) < 4.78 is 13.1. The van der Waals surface area contributed by atoms with Gasteiger partial charge in [-0.1, -0.05) is 29.6 Å². The van der Waals surface area contributed by atoms with Crippen LogP contribution in [-0.2, 0) is 4.79 Å². The highest BCUT2D eigenvalue weighted by atomic mass is 35.5. The van der Waals surface area contributed by atoms with E-state index in [1.807, 2.05) is 0 Å². The summed E-state index contributed by atoms with van der Waals surface area (Å²) in [5.41, 5.74) is 5.75. The monoisotopic (exact) mass is 292 g/mol. The molecule has 0 heterocycles. The van der Waals surface area contributed by atoms with E-state index in [2.05, 4.69) is 5.32 Å². The number of amides is 1. The molecule has 0 bridgehead atoms. The van der Waals surface area contributed by atoms with Crippen molar-refractivity contribution in [1.82, 2.24) is 0 Å². The van der Waals surface area contributed by atoms with Gasteiger partial charge in [-0.15, -0.1) is 0 Å². The average molecular weight is 293 g/mol. The molecule has 0 aliphatic carbocycles. The van der Waals surface area contributed by atoms with E-state index in [1.165, 1.54) is 12.1 Å². The first-order valence-electron chi connectivity index (χ1n) is 5.69. The van der Waals surface area contributed by atoms with Gasteiger partial charge < -0.3 is 11.1 Å². The Kier molecular flexibility index (Phi) is 6.39. The Labute approximate surface area is 115 Å². The molecule has 0 saturated heterocycles. The van der Waals surface area contributed by atoms with Crippen molar-refractivity contribution in [3.8, 4) is 0 Å². The summed E-state index contributed by atoms with van der Waals surface area (Å²) in [6.07, 6.45) is 2.98. The van der Waals surface area contributed by atoms with Gasteiger partial charge in [0.25, 0.3) is 0 Å². The molecule has 1 amide bonds. The predicted molar refractivity (Wildman–Crippen MR) is 72.6 cm³/mol. The standard InChI is InChI=1S/C12H15Cl2FN2O/c13-9-6-8(7-10(14)12(9)15)17-11(18)4-2-1-3-5-16/h6-7H,1-5,16H2,(H,17,18). The van der Waals surface area contributed by atoms with Crippen LogP contribution in [0.25, 0.3) is 0 Å². The molecular formula is C12H15Cl2FN2O. The van der Waals surface area contributed by atoms with Gasteiger partial charge in [0.15, 0.2) is 5.82 Å². The van der Waals surface area contributed by atoms with E-state index in [9.17, 15) is 9.18 Å². The van der Waals surface area contributed by atoms with Crippen molar-refractivity contribution in [2.45, 2.75) is 25.7 Å². The fourth-order valence-corrected chi connectivity index (χ4v) is 1.94. The maximum absolute atomic E-state index is 13.1. The Balaban J connectivity index is 2.49. The molecule has 0 aliphatic rings. The Hall–Kier alpha value is -0.840. The molecule has 0 atom stereocenters. The van der Waals surface area contributed by atoms with Crippen LogP contribution in [0, 0.1) is 5.82 Å². The molecular weight excluding hydrogens is 278 g/mol. The number of unbranched alkanes of at least 4 members (excludes halogenated alkanes) is 2. The van der Waals surface area contributed by atoms with E-state index < -0.39 is 5.82 Å². The Morgan fingerprint density at radius 1 is 1.22 bits per heavy atom. The number of hydrogen-bond acceptors (Lipinski definition) is 2. The van der Waals surface area contributed by atoms with Crippen molar-refractivity contribution in [1.29, 1.82) is 0 Å². The molecule has 18 heavy (non-hydrogen) atoms. The lowest BCUT2D eigenvalue weighted by molar-refractivity contribution is -0.116. The number of carbonyl (C=O) groups is 1. The third-order valence-electron chi connectivity index (χ3n) is 2.38. The summed E-state index contributed by atoms with van der Waals surface area (Å²) in [6.45, 7) is 0.630. The fraction of sp³-hybridized carbons (Fsp3) is 0.417. The number of rotatable bonds is 6. The summed E-state index contributed by atoms with van der Waals surface area (Å²) in [5, 5.41) is 2.40. The van der Waals surface area contributed by atoms with Gasteiger partial charge >= 0.3 is 0 Å². The van der Waals surface area contributed by atoms with Gasteiger partial charge in [-0.05, 0) is 31.5 Å². The largest absolute Gasteiger partial charge is 0.330 e. The molecule has 0 aromatic heterocycles. The van der Waals surface area contributed by atoms with Crippen molar-refractivity contribution in [3.05, 3.63) is 28.0 Å². The van der Waals surface area contributed by atoms with E-state index in [0.717, 1.165) is 19.3 Å². The number of anilines is 1. The van der Waals surface area contributed by atoms with Crippen molar-refractivity contribution in [2.75, 3.05) is 11.9 Å². The molecule has 0 saturated carbocycles. The Morgan fingerprint density at radius 3 is 2.39 bits per heavy atom. The molecule has 0 fully saturated rings. The van der Waals surface area contributed by atoms with Gasteiger partial charge in [-0.25, -0.2) is 4.39 Å². The zero-order valence-corrected chi connectivity index (χ0v) is 11.3. The molecule has 0 spiro atoms. The zero-order chi connectivity index (χ0) is 13.5. The van der Waals surface area contributed by atoms with Crippen LogP contribution in [0.15, 0.2) is 12.1 Å². The van der Waals surface area contributed by atoms with E-state index >= 15 is 0 Å². The number of carbonyl (C=O) groups excluding carboxylic acids is 1. The van der Waals surface area contributed by atoms with Crippen LogP contribution in [0.5, 0.6) is 0 Å². The third-order valence-corrected chi connectivity index (χ3v) is 2.93. The second kappa shape index (κ2) is 7.56. The molecule has 0 radical (unpaired) electrons. The summed E-state index contributed by atoms with van der Waals surface area (Å²) in [6, 6.07) is 2.67. The van der Waals surface area contributed by atoms with Crippen molar-refractivity contribution in [3.63, 3.8) is 0 Å². The van der Waals surface area contributed by atoms with Crippen LogP contribution in [0.1, 0.15) is 25.7 Å². The summed E-state index contributed by atoms with van der Waals surface area (Å²) in [4.78, 5) is 11.6.